The maximum absolute atomic E-state index is 14.3. The Morgan fingerprint density at radius 1 is 1.04 bits per heavy atom. The molecule has 2 aromatic rings. The van der Waals surface area contributed by atoms with Gasteiger partial charge in [0.25, 0.3) is 0 Å². The number of nitrogens with zero attached hydrogens (tertiary/aromatic N) is 1. The monoisotopic (exact) mass is 342 g/mol. The number of hydrogen-bond donors (Lipinski definition) is 2. The van der Waals surface area contributed by atoms with E-state index in [0.717, 1.165) is 24.1 Å². The molecule has 134 valence electrons. The first-order chi connectivity index (χ1) is 12.3. The van der Waals surface area contributed by atoms with Gasteiger partial charge in [-0.1, -0.05) is 30.3 Å². The van der Waals surface area contributed by atoms with Gasteiger partial charge in [-0.2, -0.15) is 0 Å². The van der Waals surface area contributed by atoms with E-state index < -0.39 is 0 Å². The maximum atomic E-state index is 14.3. The lowest BCUT2D eigenvalue weighted by molar-refractivity contribution is 0.292. The summed E-state index contributed by atoms with van der Waals surface area (Å²) in [6.07, 6.45) is 3.62. The molecule has 0 aromatic heterocycles. The molecule has 1 saturated heterocycles. The van der Waals surface area contributed by atoms with Gasteiger partial charge in [-0.05, 0) is 61.2 Å². The van der Waals surface area contributed by atoms with Crippen LogP contribution in [-0.2, 0) is 13.0 Å². The summed E-state index contributed by atoms with van der Waals surface area (Å²) < 4.78 is 14.3. The Bertz CT molecular complexity index is 683. The lowest BCUT2D eigenvalue weighted by Gasteiger charge is -2.15. The lowest BCUT2D eigenvalue weighted by atomic mass is 9.99. The Morgan fingerprint density at radius 2 is 1.88 bits per heavy atom. The fraction of sp³-hybridized carbons (Fsp3) is 0.429. The number of hydrogen-bond acceptors (Lipinski definition) is 3. The second kappa shape index (κ2) is 9.09. The molecule has 1 aliphatic heterocycles. The Labute approximate surface area is 149 Å². The van der Waals surface area contributed by atoms with Crippen LogP contribution in [0.25, 0.3) is 11.1 Å². The summed E-state index contributed by atoms with van der Waals surface area (Å²) in [5.41, 5.74) is 3.85. The van der Waals surface area contributed by atoms with Crippen LogP contribution in [0.5, 0.6) is 0 Å². The van der Waals surface area contributed by atoms with Crippen LogP contribution < -0.4 is 5.32 Å². The SMILES string of the molecule is OCCNCc1ccc(F)c(-c2cccc(CCN3CCCC3)c2)c1. The first-order valence-electron chi connectivity index (χ1n) is 9.18. The Morgan fingerprint density at radius 3 is 2.68 bits per heavy atom. The van der Waals surface area contributed by atoms with Crippen molar-refractivity contribution in [3.05, 3.63) is 59.4 Å². The van der Waals surface area contributed by atoms with Gasteiger partial charge in [-0.3, -0.25) is 0 Å². The highest BCUT2D eigenvalue weighted by Crippen LogP contribution is 2.25. The molecule has 1 heterocycles. The minimum absolute atomic E-state index is 0.104. The van der Waals surface area contributed by atoms with Gasteiger partial charge in [0, 0.05) is 25.2 Å². The Hall–Kier alpha value is -1.75. The lowest BCUT2D eigenvalue weighted by Crippen LogP contribution is -2.21. The predicted octanol–water partition coefficient (Wildman–Crippen LogP) is 3.21. The van der Waals surface area contributed by atoms with Crippen LogP contribution in [-0.4, -0.2) is 42.8 Å². The highest BCUT2D eigenvalue weighted by atomic mass is 19.1. The number of rotatable bonds is 8. The van der Waals surface area contributed by atoms with Crippen LogP contribution >= 0.6 is 0 Å². The van der Waals surface area contributed by atoms with E-state index in [2.05, 4.69) is 22.3 Å². The molecule has 0 saturated carbocycles. The highest BCUT2D eigenvalue weighted by Gasteiger charge is 2.12. The van der Waals surface area contributed by atoms with Crippen molar-refractivity contribution in [2.24, 2.45) is 0 Å². The molecule has 2 aromatic carbocycles. The van der Waals surface area contributed by atoms with E-state index in [0.29, 0.717) is 18.7 Å². The van der Waals surface area contributed by atoms with Gasteiger partial charge in [0.2, 0.25) is 0 Å². The molecule has 0 spiro atoms. The number of halogens is 1. The van der Waals surface area contributed by atoms with Gasteiger partial charge in [0.05, 0.1) is 6.61 Å². The molecule has 0 atom stereocenters. The van der Waals surface area contributed by atoms with E-state index in [4.69, 9.17) is 5.11 Å². The number of likely N-dealkylation sites (tertiary alicyclic amines) is 1. The summed E-state index contributed by atoms with van der Waals surface area (Å²) in [6, 6.07) is 13.5. The molecule has 1 fully saturated rings. The van der Waals surface area contributed by atoms with Gasteiger partial charge >= 0.3 is 0 Å². The molecule has 4 heteroatoms. The van der Waals surface area contributed by atoms with Crippen LogP contribution in [0, 0.1) is 5.82 Å². The zero-order valence-corrected chi connectivity index (χ0v) is 14.7. The molecule has 25 heavy (non-hydrogen) atoms. The van der Waals surface area contributed by atoms with E-state index in [-0.39, 0.29) is 12.4 Å². The molecule has 3 rings (SSSR count). The average molecular weight is 342 g/mol. The number of nitrogens with one attached hydrogen (secondary N) is 1. The van der Waals surface area contributed by atoms with Crippen molar-refractivity contribution in [2.75, 3.05) is 32.8 Å². The molecule has 0 bridgehead atoms. The third-order valence-corrected chi connectivity index (χ3v) is 4.80. The van der Waals surface area contributed by atoms with Crippen LogP contribution in [0.2, 0.25) is 0 Å². The van der Waals surface area contributed by atoms with Gasteiger partial charge in [0.15, 0.2) is 0 Å². The standard InChI is InChI=1S/C21H27FN2O/c22-21-7-6-18(16-23-9-13-25)15-20(21)19-5-3-4-17(14-19)8-12-24-10-1-2-11-24/h3-7,14-15,23,25H,1-2,8-13,16H2. The molecular formula is C21H27FN2O. The second-order valence-electron chi connectivity index (χ2n) is 6.71. The number of aliphatic hydroxyl groups is 1. The summed E-state index contributed by atoms with van der Waals surface area (Å²) in [5, 5.41) is 12.0. The maximum Gasteiger partial charge on any atom is 0.131 e. The van der Waals surface area contributed by atoms with E-state index >= 15 is 0 Å². The molecule has 0 radical (unpaired) electrons. The minimum atomic E-state index is -0.192. The first-order valence-corrected chi connectivity index (χ1v) is 9.18. The smallest absolute Gasteiger partial charge is 0.131 e. The van der Waals surface area contributed by atoms with Crippen molar-refractivity contribution in [1.82, 2.24) is 10.2 Å². The van der Waals surface area contributed by atoms with E-state index in [1.54, 1.807) is 6.07 Å². The molecular weight excluding hydrogens is 315 g/mol. The van der Waals surface area contributed by atoms with Crippen molar-refractivity contribution in [2.45, 2.75) is 25.8 Å². The molecule has 0 unspecified atom stereocenters. The predicted molar refractivity (Wildman–Crippen MR) is 100 cm³/mol. The van der Waals surface area contributed by atoms with Crippen LogP contribution in [0.3, 0.4) is 0 Å². The van der Waals surface area contributed by atoms with Crippen molar-refractivity contribution in [1.29, 1.82) is 0 Å². The van der Waals surface area contributed by atoms with E-state index in [1.807, 2.05) is 18.2 Å². The van der Waals surface area contributed by atoms with Crippen molar-refractivity contribution in [3.63, 3.8) is 0 Å². The van der Waals surface area contributed by atoms with E-state index in [1.165, 1.54) is 37.6 Å². The molecule has 2 N–H and O–H groups in total. The van der Waals surface area contributed by atoms with Gasteiger partial charge in [-0.15, -0.1) is 0 Å². The average Bonchev–Trinajstić information content (AvgIpc) is 3.15. The third kappa shape index (κ3) is 5.11. The van der Waals surface area contributed by atoms with Crippen LogP contribution in [0.1, 0.15) is 24.0 Å². The largest absolute Gasteiger partial charge is 0.395 e. The summed E-state index contributed by atoms with van der Waals surface area (Å²) in [6.45, 7) is 4.76. The molecule has 0 amide bonds. The Balaban J connectivity index is 1.71. The highest BCUT2D eigenvalue weighted by molar-refractivity contribution is 5.65. The summed E-state index contributed by atoms with van der Waals surface area (Å²) in [5.74, 6) is -0.192. The van der Waals surface area contributed by atoms with Crippen molar-refractivity contribution in [3.8, 4) is 11.1 Å². The zero-order valence-electron chi connectivity index (χ0n) is 14.7. The fourth-order valence-electron chi connectivity index (χ4n) is 3.40. The topological polar surface area (TPSA) is 35.5 Å². The molecule has 3 nitrogen and oxygen atoms in total. The number of benzene rings is 2. The van der Waals surface area contributed by atoms with Crippen LogP contribution in [0.15, 0.2) is 42.5 Å². The summed E-state index contributed by atoms with van der Waals surface area (Å²) in [4.78, 5) is 2.50. The number of aliphatic hydroxyl groups excluding tert-OH is 1. The van der Waals surface area contributed by atoms with Gasteiger partial charge in [-0.25, -0.2) is 4.39 Å². The van der Waals surface area contributed by atoms with Crippen LogP contribution in [0.4, 0.5) is 4.39 Å². The molecule has 0 aliphatic carbocycles. The normalized spacial score (nSPS) is 15.0. The minimum Gasteiger partial charge on any atom is -0.395 e. The first kappa shape index (κ1) is 18.1. The second-order valence-corrected chi connectivity index (χ2v) is 6.71. The summed E-state index contributed by atoms with van der Waals surface area (Å²) in [7, 11) is 0. The third-order valence-electron chi connectivity index (χ3n) is 4.80. The zero-order chi connectivity index (χ0) is 17.5. The van der Waals surface area contributed by atoms with Crippen molar-refractivity contribution >= 4 is 0 Å². The Kier molecular flexibility index (Phi) is 6.56. The van der Waals surface area contributed by atoms with Gasteiger partial charge in [0.1, 0.15) is 5.82 Å². The quantitative estimate of drug-likeness (QED) is 0.723. The van der Waals surface area contributed by atoms with Gasteiger partial charge < -0.3 is 15.3 Å². The fourth-order valence-corrected chi connectivity index (χ4v) is 3.40. The van der Waals surface area contributed by atoms with Crippen molar-refractivity contribution < 1.29 is 9.50 Å². The van der Waals surface area contributed by atoms with E-state index in [9.17, 15) is 4.39 Å². The summed E-state index contributed by atoms with van der Waals surface area (Å²) >= 11 is 0. The molecule has 1 aliphatic rings.